The second-order valence-corrected chi connectivity index (χ2v) is 12.2. The molecule has 0 aliphatic heterocycles. The Hall–Kier alpha value is -3.86. The maximum atomic E-state index is 13.8. The van der Waals surface area contributed by atoms with E-state index in [9.17, 15) is 18.0 Å². The molecule has 4 aromatic rings. The highest BCUT2D eigenvalue weighted by Crippen LogP contribution is 2.30. The summed E-state index contributed by atoms with van der Waals surface area (Å²) < 4.78 is 40.6. The highest BCUT2D eigenvalue weighted by molar-refractivity contribution is 7.89. The van der Waals surface area contributed by atoms with Gasteiger partial charge in [-0.15, -0.1) is 0 Å². The SMILES string of the molecule is COC(=O)c1cc(C)c(OC(=O)c2c3ccccc3[n+](CCCS(=O)(=O)NCCN(C)C)c3ccccc23)c(C)c1. The number of fused-ring (bicyclic) bond motifs is 2. The minimum atomic E-state index is -3.42. The standard InChI is InChI=1S/C31H36N3O6S/c1-21-19-23(30(35)39-5)20-22(2)29(21)40-31(36)28-24-11-6-8-13-26(24)34(27-14-9-7-12-25(27)28)16-10-18-41(37,38)32-15-17-33(3)4/h6-9,11-14,19-20,32H,10,15-18H2,1-5H3/q+1. The van der Waals surface area contributed by atoms with E-state index in [0.29, 0.717) is 64.8 Å². The third kappa shape index (κ3) is 6.90. The van der Waals surface area contributed by atoms with E-state index in [1.165, 1.54) is 7.11 Å². The topological polar surface area (TPSA) is 106 Å². The highest BCUT2D eigenvalue weighted by atomic mass is 32.2. The summed E-state index contributed by atoms with van der Waals surface area (Å²) >= 11 is 0. The van der Waals surface area contributed by atoms with Gasteiger partial charge in [-0.05, 0) is 63.3 Å². The van der Waals surface area contributed by atoms with Crippen molar-refractivity contribution in [2.24, 2.45) is 0 Å². The van der Waals surface area contributed by atoms with Crippen molar-refractivity contribution in [1.82, 2.24) is 9.62 Å². The van der Waals surface area contributed by atoms with Crippen LogP contribution in [0.3, 0.4) is 0 Å². The number of benzene rings is 3. The fourth-order valence-electron chi connectivity index (χ4n) is 4.98. The molecule has 0 bridgehead atoms. The van der Waals surface area contributed by atoms with Crippen molar-refractivity contribution in [2.45, 2.75) is 26.8 Å². The molecule has 9 nitrogen and oxygen atoms in total. The Morgan fingerprint density at radius 3 is 2.00 bits per heavy atom. The third-order valence-corrected chi connectivity index (χ3v) is 8.35. The summed E-state index contributed by atoms with van der Waals surface area (Å²) in [4.78, 5) is 27.8. The minimum absolute atomic E-state index is 0.0139. The lowest BCUT2D eigenvalue weighted by atomic mass is 10.0. The first-order chi connectivity index (χ1) is 19.5. The molecule has 1 N–H and O–H groups in total. The molecule has 0 aliphatic carbocycles. The molecule has 10 heteroatoms. The van der Waals surface area contributed by atoms with Crippen molar-refractivity contribution in [2.75, 3.05) is 40.0 Å². The smallest absolute Gasteiger partial charge is 0.345 e. The summed E-state index contributed by atoms with van der Waals surface area (Å²) in [6, 6.07) is 18.4. The van der Waals surface area contributed by atoms with Crippen molar-refractivity contribution >= 4 is 43.8 Å². The van der Waals surface area contributed by atoms with Crippen LogP contribution in [-0.4, -0.2) is 65.3 Å². The second-order valence-electron chi connectivity index (χ2n) is 10.3. The number of aryl methyl sites for hydroxylation is 3. The molecule has 0 unspecified atom stereocenters. The highest BCUT2D eigenvalue weighted by Gasteiger charge is 2.26. The summed E-state index contributed by atoms with van der Waals surface area (Å²) in [6.07, 6.45) is 0.394. The molecule has 41 heavy (non-hydrogen) atoms. The number of aromatic nitrogens is 1. The summed E-state index contributed by atoms with van der Waals surface area (Å²) in [5.74, 6) is -0.607. The van der Waals surface area contributed by atoms with Gasteiger partial charge in [-0.2, -0.15) is 4.57 Å². The van der Waals surface area contributed by atoms with Gasteiger partial charge in [0.05, 0.1) is 34.8 Å². The van der Waals surface area contributed by atoms with Crippen LogP contribution in [-0.2, 0) is 21.3 Å². The molecule has 216 valence electrons. The maximum absolute atomic E-state index is 13.8. The fraction of sp³-hybridized carbons (Fsp3) is 0.323. The molecule has 0 fully saturated rings. The molecule has 0 aliphatic rings. The van der Waals surface area contributed by atoms with Crippen LogP contribution >= 0.6 is 0 Å². The Morgan fingerprint density at radius 2 is 1.46 bits per heavy atom. The predicted molar refractivity (Wildman–Crippen MR) is 159 cm³/mol. The molecular formula is C31H36N3O6S+. The third-order valence-electron chi connectivity index (χ3n) is 6.88. The number of ether oxygens (including phenoxy) is 2. The molecule has 0 saturated carbocycles. The molecule has 4 rings (SSSR count). The van der Waals surface area contributed by atoms with Gasteiger partial charge in [0.1, 0.15) is 5.75 Å². The summed E-state index contributed by atoms with van der Waals surface area (Å²) in [7, 11) is 1.68. The molecule has 3 aromatic carbocycles. The number of pyridine rings is 1. The normalized spacial score (nSPS) is 11.8. The lowest BCUT2D eigenvalue weighted by Crippen LogP contribution is -2.39. The molecule has 0 radical (unpaired) electrons. The average Bonchev–Trinajstić information content (AvgIpc) is 2.93. The van der Waals surface area contributed by atoms with Crippen molar-refractivity contribution in [3.8, 4) is 5.75 Å². The van der Waals surface area contributed by atoms with Crippen LogP contribution in [0.5, 0.6) is 5.75 Å². The number of carbonyl (C=O) groups is 2. The molecule has 0 amide bonds. The fourth-order valence-corrected chi connectivity index (χ4v) is 6.03. The molecule has 1 aromatic heterocycles. The molecule has 0 saturated heterocycles. The Kier molecular flexibility index (Phi) is 9.37. The van der Waals surface area contributed by atoms with E-state index in [1.54, 1.807) is 26.0 Å². The van der Waals surface area contributed by atoms with Crippen LogP contribution in [0.1, 0.15) is 38.3 Å². The van der Waals surface area contributed by atoms with E-state index < -0.39 is 22.0 Å². The van der Waals surface area contributed by atoms with Crippen molar-refractivity contribution in [3.63, 3.8) is 0 Å². The quantitative estimate of drug-likeness (QED) is 0.125. The van der Waals surface area contributed by atoms with E-state index in [2.05, 4.69) is 9.29 Å². The number of hydrogen-bond acceptors (Lipinski definition) is 7. The number of rotatable bonds is 11. The van der Waals surface area contributed by atoms with E-state index in [-0.39, 0.29) is 5.75 Å². The molecule has 1 heterocycles. The summed E-state index contributed by atoms with van der Waals surface area (Å²) in [6.45, 7) is 4.98. The Bertz CT molecular complexity index is 1640. The Balaban J connectivity index is 1.69. The van der Waals surface area contributed by atoms with Gasteiger partial charge in [-0.3, -0.25) is 0 Å². The van der Waals surface area contributed by atoms with Crippen LogP contribution in [0.25, 0.3) is 21.8 Å². The van der Waals surface area contributed by atoms with E-state index in [4.69, 9.17) is 9.47 Å². The second kappa shape index (κ2) is 12.8. The number of nitrogens with one attached hydrogen (secondary N) is 1. The number of para-hydroxylation sites is 2. The van der Waals surface area contributed by atoms with Crippen LogP contribution < -0.4 is 14.0 Å². The lowest BCUT2D eigenvalue weighted by Gasteiger charge is -2.15. The van der Waals surface area contributed by atoms with E-state index >= 15 is 0 Å². The van der Waals surface area contributed by atoms with E-state index in [0.717, 1.165) is 11.0 Å². The van der Waals surface area contributed by atoms with Crippen molar-refractivity contribution in [1.29, 1.82) is 0 Å². The number of carbonyl (C=O) groups excluding carboxylic acids is 2. The Morgan fingerprint density at radius 1 is 0.902 bits per heavy atom. The van der Waals surface area contributed by atoms with Crippen LogP contribution in [0.15, 0.2) is 60.7 Å². The monoisotopic (exact) mass is 578 g/mol. The molecular weight excluding hydrogens is 542 g/mol. The van der Waals surface area contributed by atoms with Crippen LogP contribution in [0.2, 0.25) is 0 Å². The van der Waals surface area contributed by atoms with Gasteiger partial charge in [0.25, 0.3) is 0 Å². The van der Waals surface area contributed by atoms with E-state index in [1.807, 2.05) is 67.5 Å². The largest absolute Gasteiger partial charge is 0.465 e. The Labute approximate surface area is 240 Å². The maximum Gasteiger partial charge on any atom is 0.345 e. The molecule has 0 atom stereocenters. The minimum Gasteiger partial charge on any atom is -0.465 e. The molecule has 0 spiro atoms. The number of methoxy groups -OCH3 is 1. The van der Waals surface area contributed by atoms with Gasteiger partial charge in [-0.1, -0.05) is 24.3 Å². The van der Waals surface area contributed by atoms with Gasteiger partial charge in [-0.25, -0.2) is 22.7 Å². The number of nitrogens with zero attached hydrogens (tertiary/aromatic N) is 2. The first kappa shape index (κ1) is 30.1. The summed E-state index contributed by atoms with van der Waals surface area (Å²) in [5.41, 5.74) is 3.67. The van der Waals surface area contributed by atoms with Crippen LogP contribution in [0, 0.1) is 13.8 Å². The zero-order valence-corrected chi connectivity index (χ0v) is 24.9. The number of esters is 2. The van der Waals surface area contributed by atoms with Gasteiger partial charge >= 0.3 is 11.9 Å². The summed E-state index contributed by atoms with van der Waals surface area (Å²) in [5, 5.41) is 1.40. The predicted octanol–water partition coefficient (Wildman–Crippen LogP) is 3.77. The average molecular weight is 579 g/mol. The van der Waals surface area contributed by atoms with Gasteiger partial charge in [0.15, 0.2) is 6.54 Å². The number of hydrogen-bond donors (Lipinski definition) is 1. The zero-order valence-electron chi connectivity index (χ0n) is 24.1. The van der Waals surface area contributed by atoms with Gasteiger partial charge < -0.3 is 14.4 Å². The first-order valence-corrected chi connectivity index (χ1v) is 15.0. The van der Waals surface area contributed by atoms with Crippen molar-refractivity contribution < 1.29 is 32.0 Å². The van der Waals surface area contributed by atoms with Gasteiger partial charge in [0, 0.05) is 31.6 Å². The van der Waals surface area contributed by atoms with Crippen molar-refractivity contribution in [3.05, 3.63) is 82.9 Å². The van der Waals surface area contributed by atoms with Crippen LogP contribution in [0.4, 0.5) is 0 Å². The number of likely N-dealkylation sites (N-methyl/N-ethyl adjacent to an activating group) is 1. The lowest BCUT2D eigenvalue weighted by molar-refractivity contribution is -0.645. The zero-order chi connectivity index (χ0) is 29.7. The number of sulfonamides is 1. The first-order valence-electron chi connectivity index (χ1n) is 13.4. The van der Waals surface area contributed by atoms with Gasteiger partial charge in [0.2, 0.25) is 21.1 Å².